The summed E-state index contributed by atoms with van der Waals surface area (Å²) in [7, 11) is 0. The number of likely N-dealkylation sites (tertiary alicyclic amines) is 1. The van der Waals surface area contributed by atoms with Crippen molar-refractivity contribution in [3.05, 3.63) is 64.3 Å². The average Bonchev–Trinajstić information content (AvgIpc) is 2.67. The topological polar surface area (TPSA) is 51.5 Å². The third kappa shape index (κ3) is 4.31. The van der Waals surface area contributed by atoms with Crippen molar-refractivity contribution in [3.8, 4) is 5.75 Å². The third-order valence-electron chi connectivity index (χ3n) is 4.69. The molecule has 5 nitrogen and oxygen atoms in total. The molecule has 0 saturated carbocycles. The van der Waals surface area contributed by atoms with Crippen LogP contribution in [0, 0.1) is 11.7 Å². The molecule has 0 unspecified atom stereocenters. The van der Waals surface area contributed by atoms with Gasteiger partial charge in [0.05, 0.1) is 6.61 Å². The summed E-state index contributed by atoms with van der Waals surface area (Å²) in [5.41, 5.74) is 0.270. The van der Waals surface area contributed by atoms with Crippen LogP contribution in [0.2, 0.25) is 0 Å². The monoisotopic (exact) mass is 358 g/mol. The Bertz CT molecular complexity index is 817. The second-order valence-corrected chi connectivity index (χ2v) is 6.56. The lowest BCUT2D eigenvalue weighted by atomic mass is 9.98. The molecule has 1 atom stereocenters. The molecule has 0 N–H and O–H groups in total. The Morgan fingerprint density at radius 3 is 2.73 bits per heavy atom. The second-order valence-electron chi connectivity index (χ2n) is 6.56. The number of pyridine rings is 1. The zero-order valence-electron chi connectivity index (χ0n) is 14.9. The summed E-state index contributed by atoms with van der Waals surface area (Å²) in [6.45, 7) is 4.23. The van der Waals surface area contributed by atoms with Gasteiger partial charge in [0.2, 0.25) is 0 Å². The van der Waals surface area contributed by atoms with Crippen LogP contribution in [0.5, 0.6) is 5.75 Å². The van der Waals surface area contributed by atoms with Gasteiger partial charge < -0.3 is 14.2 Å². The van der Waals surface area contributed by atoms with E-state index in [0.29, 0.717) is 37.6 Å². The highest BCUT2D eigenvalue weighted by molar-refractivity contribution is 5.94. The summed E-state index contributed by atoms with van der Waals surface area (Å²) in [4.78, 5) is 26.4. The van der Waals surface area contributed by atoms with Gasteiger partial charge in [-0.1, -0.05) is 0 Å². The highest BCUT2D eigenvalue weighted by Crippen LogP contribution is 2.20. The zero-order valence-corrected chi connectivity index (χ0v) is 14.9. The van der Waals surface area contributed by atoms with Crippen molar-refractivity contribution in [3.63, 3.8) is 0 Å². The van der Waals surface area contributed by atoms with Gasteiger partial charge in [0.25, 0.3) is 11.5 Å². The highest BCUT2D eigenvalue weighted by Gasteiger charge is 2.25. The van der Waals surface area contributed by atoms with Gasteiger partial charge >= 0.3 is 0 Å². The molecule has 3 rings (SSSR count). The number of aryl methyl sites for hydroxylation is 1. The van der Waals surface area contributed by atoms with Gasteiger partial charge in [-0.05, 0) is 50.1 Å². The molecule has 1 aliphatic rings. The van der Waals surface area contributed by atoms with Gasteiger partial charge in [-0.2, -0.15) is 0 Å². The van der Waals surface area contributed by atoms with Gasteiger partial charge in [0.1, 0.15) is 11.6 Å². The Kier molecular flexibility index (Phi) is 5.71. The Morgan fingerprint density at radius 1 is 1.27 bits per heavy atom. The number of nitrogens with zero attached hydrogens (tertiary/aromatic N) is 2. The van der Waals surface area contributed by atoms with Crippen LogP contribution >= 0.6 is 0 Å². The number of ether oxygens (including phenoxy) is 1. The van der Waals surface area contributed by atoms with Crippen LogP contribution < -0.4 is 10.3 Å². The number of hydrogen-bond donors (Lipinski definition) is 0. The van der Waals surface area contributed by atoms with Gasteiger partial charge in [-0.3, -0.25) is 9.59 Å². The maximum Gasteiger partial charge on any atom is 0.254 e. The largest absolute Gasteiger partial charge is 0.493 e. The first-order valence-corrected chi connectivity index (χ1v) is 8.95. The van der Waals surface area contributed by atoms with E-state index in [9.17, 15) is 14.0 Å². The smallest absolute Gasteiger partial charge is 0.254 e. The standard InChI is InChI=1S/C20H23FN2O3/c1-2-22-11-9-16(12-19(22)24)20(25)23-10-3-4-15(13-23)14-26-18-7-5-17(21)6-8-18/h5-9,11-12,15H,2-4,10,13-14H2,1H3/t15-/m0/s1. The molecule has 1 aliphatic heterocycles. The van der Waals surface area contributed by atoms with E-state index in [-0.39, 0.29) is 23.2 Å². The number of carbonyl (C=O) groups is 1. The van der Waals surface area contributed by atoms with E-state index in [2.05, 4.69) is 0 Å². The van der Waals surface area contributed by atoms with Crippen molar-refractivity contribution < 1.29 is 13.9 Å². The predicted octanol–water partition coefficient (Wildman–Crippen LogP) is 2.94. The Morgan fingerprint density at radius 2 is 2.04 bits per heavy atom. The molecule has 2 aromatic rings. The first-order valence-electron chi connectivity index (χ1n) is 8.95. The van der Waals surface area contributed by atoms with E-state index in [0.717, 1.165) is 12.8 Å². The van der Waals surface area contributed by atoms with Crippen LogP contribution in [0.1, 0.15) is 30.1 Å². The Hall–Kier alpha value is -2.63. The lowest BCUT2D eigenvalue weighted by Crippen LogP contribution is -2.42. The summed E-state index contributed by atoms with van der Waals surface area (Å²) in [6, 6.07) is 9.04. The molecule has 0 aliphatic carbocycles. The number of carbonyl (C=O) groups excluding carboxylic acids is 1. The van der Waals surface area contributed by atoms with Crippen LogP contribution in [-0.4, -0.2) is 35.1 Å². The fourth-order valence-corrected chi connectivity index (χ4v) is 3.22. The molecule has 0 radical (unpaired) electrons. The highest BCUT2D eigenvalue weighted by atomic mass is 19.1. The Labute approximate surface area is 152 Å². The van der Waals surface area contributed by atoms with Crippen molar-refractivity contribution >= 4 is 5.91 Å². The van der Waals surface area contributed by atoms with Crippen LogP contribution in [0.4, 0.5) is 4.39 Å². The van der Waals surface area contributed by atoms with E-state index in [4.69, 9.17) is 4.74 Å². The fourth-order valence-electron chi connectivity index (χ4n) is 3.22. The number of amides is 1. The molecule has 1 aromatic heterocycles. The normalized spacial score (nSPS) is 17.2. The first kappa shape index (κ1) is 18.2. The van der Waals surface area contributed by atoms with Crippen molar-refractivity contribution in [2.45, 2.75) is 26.3 Å². The van der Waals surface area contributed by atoms with Crippen LogP contribution in [0.15, 0.2) is 47.4 Å². The van der Waals surface area contributed by atoms with E-state index in [1.54, 1.807) is 33.9 Å². The molecule has 0 spiro atoms. The van der Waals surface area contributed by atoms with Crippen LogP contribution in [-0.2, 0) is 6.54 Å². The quantitative estimate of drug-likeness (QED) is 0.826. The SMILES string of the molecule is CCn1ccc(C(=O)N2CCC[C@H](COc3ccc(F)cc3)C2)cc1=O. The Balaban J connectivity index is 1.60. The second kappa shape index (κ2) is 8.17. The molecule has 2 heterocycles. The summed E-state index contributed by atoms with van der Waals surface area (Å²) < 4.78 is 20.2. The van der Waals surface area contributed by atoms with E-state index >= 15 is 0 Å². The fraction of sp³-hybridized carbons (Fsp3) is 0.400. The summed E-state index contributed by atoms with van der Waals surface area (Å²) >= 11 is 0. The molecule has 26 heavy (non-hydrogen) atoms. The van der Waals surface area contributed by atoms with Gasteiger partial charge in [0, 0.05) is 43.4 Å². The van der Waals surface area contributed by atoms with E-state index in [1.165, 1.54) is 18.2 Å². The summed E-state index contributed by atoms with van der Waals surface area (Å²) in [6.07, 6.45) is 3.53. The molecule has 1 saturated heterocycles. The third-order valence-corrected chi connectivity index (χ3v) is 4.69. The van der Waals surface area contributed by atoms with Gasteiger partial charge in [-0.15, -0.1) is 0 Å². The van der Waals surface area contributed by atoms with E-state index < -0.39 is 0 Å². The minimum absolute atomic E-state index is 0.114. The number of rotatable bonds is 5. The summed E-state index contributed by atoms with van der Waals surface area (Å²) in [5.74, 6) is 0.431. The molecule has 6 heteroatoms. The molecule has 1 amide bonds. The molecular weight excluding hydrogens is 335 g/mol. The molecular formula is C20H23FN2O3. The minimum Gasteiger partial charge on any atom is -0.493 e. The first-order chi connectivity index (χ1) is 12.6. The lowest BCUT2D eigenvalue weighted by molar-refractivity contribution is 0.0633. The maximum atomic E-state index is 12.9. The molecule has 0 bridgehead atoms. The number of hydrogen-bond acceptors (Lipinski definition) is 3. The number of halogens is 1. The molecule has 138 valence electrons. The van der Waals surface area contributed by atoms with Crippen molar-refractivity contribution in [2.24, 2.45) is 5.92 Å². The summed E-state index contributed by atoms with van der Waals surface area (Å²) in [5, 5.41) is 0. The van der Waals surface area contributed by atoms with Crippen molar-refractivity contribution in [1.29, 1.82) is 0 Å². The van der Waals surface area contributed by atoms with Crippen LogP contribution in [0.25, 0.3) is 0 Å². The predicted molar refractivity (Wildman–Crippen MR) is 96.9 cm³/mol. The lowest BCUT2D eigenvalue weighted by Gasteiger charge is -2.32. The number of aromatic nitrogens is 1. The van der Waals surface area contributed by atoms with Gasteiger partial charge in [0.15, 0.2) is 0 Å². The molecule has 1 fully saturated rings. The zero-order chi connectivity index (χ0) is 18.5. The van der Waals surface area contributed by atoms with Crippen molar-refractivity contribution in [2.75, 3.05) is 19.7 Å². The van der Waals surface area contributed by atoms with Crippen molar-refractivity contribution in [1.82, 2.24) is 9.47 Å². The number of benzene rings is 1. The minimum atomic E-state index is -0.295. The molecule has 1 aromatic carbocycles. The van der Waals surface area contributed by atoms with Crippen LogP contribution in [0.3, 0.4) is 0 Å². The number of piperidine rings is 1. The maximum absolute atomic E-state index is 12.9. The van der Waals surface area contributed by atoms with E-state index in [1.807, 2.05) is 6.92 Å². The average molecular weight is 358 g/mol. The van der Waals surface area contributed by atoms with Gasteiger partial charge in [-0.25, -0.2) is 4.39 Å².